The van der Waals surface area contributed by atoms with E-state index in [1.54, 1.807) is 3.58 Å². The number of hydrogen-bond donors (Lipinski definition) is 0. The average molecular weight is 458 g/mol. The molecule has 0 spiro atoms. The van der Waals surface area contributed by atoms with Crippen molar-refractivity contribution in [3.8, 4) is 0 Å². The molecule has 0 saturated carbocycles. The van der Waals surface area contributed by atoms with Crippen molar-refractivity contribution in [1.29, 1.82) is 0 Å². The molecule has 0 saturated heterocycles. The van der Waals surface area contributed by atoms with Crippen LogP contribution in [0.2, 0.25) is 4.94 Å². The van der Waals surface area contributed by atoms with Crippen LogP contribution in [0, 0.1) is 0 Å². The molecule has 0 bridgehead atoms. The fourth-order valence-electron chi connectivity index (χ4n) is 4.13. The van der Waals surface area contributed by atoms with E-state index in [4.69, 9.17) is 0 Å². The van der Waals surface area contributed by atoms with Gasteiger partial charge in [-0.05, 0) is 0 Å². The summed E-state index contributed by atoms with van der Waals surface area (Å²) in [5, 5.41) is 2.74. The molecule has 0 N–H and O–H groups in total. The van der Waals surface area contributed by atoms with Crippen LogP contribution in [0.3, 0.4) is 0 Å². The van der Waals surface area contributed by atoms with E-state index in [1.165, 1.54) is 23.6 Å². The minimum absolute atomic E-state index is 1.30. The van der Waals surface area contributed by atoms with Gasteiger partial charge < -0.3 is 0 Å². The van der Waals surface area contributed by atoms with Crippen LogP contribution in [0.4, 0.5) is 5.69 Å². The van der Waals surface area contributed by atoms with Gasteiger partial charge in [-0.3, -0.25) is 0 Å². The molecule has 4 rings (SSSR count). The summed E-state index contributed by atoms with van der Waals surface area (Å²) in [6.45, 7) is 0. The fourth-order valence-corrected chi connectivity index (χ4v) is 15.2. The normalized spacial score (nSPS) is 11.5. The van der Waals surface area contributed by atoms with E-state index in [-0.39, 0.29) is 0 Å². The number of hydrogen-bond acceptors (Lipinski definition) is 1. The van der Waals surface area contributed by atoms with E-state index in [2.05, 4.69) is 121 Å². The van der Waals surface area contributed by atoms with Crippen molar-refractivity contribution >= 4 is 45.6 Å². The van der Waals surface area contributed by atoms with Gasteiger partial charge in [0.25, 0.3) is 0 Å². The molecule has 4 aromatic rings. The van der Waals surface area contributed by atoms with Crippen molar-refractivity contribution in [3.63, 3.8) is 0 Å². The van der Waals surface area contributed by atoms with E-state index < -0.39 is 18.4 Å². The van der Waals surface area contributed by atoms with Crippen LogP contribution in [-0.2, 0) is 0 Å². The third-order valence-corrected chi connectivity index (χ3v) is 18.4. The first-order valence-corrected chi connectivity index (χ1v) is 16.6. The molecule has 134 valence electrons. The minimum atomic E-state index is -3.12. The predicted octanol–water partition coefficient (Wildman–Crippen LogP) is 4.01. The second-order valence-corrected chi connectivity index (χ2v) is 18.7. The monoisotopic (exact) mass is 459 g/mol. The van der Waals surface area contributed by atoms with Gasteiger partial charge in [0.15, 0.2) is 0 Å². The van der Waals surface area contributed by atoms with Crippen LogP contribution in [0.15, 0.2) is 97.1 Å². The summed E-state index contributed by atoms with van der Waals surface area (Å²) >= 11 is -3.12. The van der Waals surface area contributed by atoms with Crippen LogP contribution in [0.5, 0.6) is 0 Å². The van der Waals surface area contributed by atoms with Gasteiger partial charge in [-0.2, -0.15) is 0 Å². The van der Waals surface area contributed by atoms with Crippen LogP contribution in [0.1, 0.15) is 0 Å². The van der Waals surface area contributed by atoms with Crippen molar-refractivity contribution in [2.45, 2.75) is 4.94 Å². The van der Waals surface area contributed by atoms with Gasteiger partial charge in [-0.25, -0.2) is 0 Å². The van der Waals surface area contributed by atoms with Crippen molar-refractivity contribution in [3.05, 3.63) is 97.1 Å². The topological polar surface area (TPSA) is 3.24 Å². The summed E-state index contributed by atoms with van der Waals surface area (Å²) < 4.78 is 4.57. The molecule has 1 nitrogen and oxygen atoms in total. The summed E-state index contributed by atoms with van der Waals surface area (Å²) in [7, 11) is 4.28. The molecule has 0 atom stereocenters. The molecule has 0 aromatic heterocycles. The van der Waals surface area contributed by atoms with E-state index in [1.807, 2.05) is 0 Å². The molecule has 27 heavy (non-hydrogen) atoms. The first-order valence-electron chi connectivity index (χ1n) is 9.43. The van der Waals surface area contributed by atoms with Gasteiger partial charge in [0, 0.05) is 0 Å². The van der Waals surface area contributed by atoms with Gasteiger partial charge in [0.2, 0.25) is 0 Å². The number of benzene rings is 4. The molecule has 4 aromatic carbocycles. The zero-order valence-corrected chi connectivity index (χ0v) is 19.0. The summed E-state index contributed by atoms with van der Waals surface area (Å²) in [6.07, 6.45) is 0. The molecule has 0 aliphatic carbocycles. The Kier molecular flexibility index (Phi) is 4.96. The van der Waals surface area contributed by atoms with Crippen LogP contribution in [-0.4, -0.2) is 32.5 Å². The Bertz CT molecular complexity index is 1010. The number of rotatable bonds is 4. The molecule has 0 unspecified atom stereocenters. The van der Waals surface area contributed by atoms with Crippen molar-refractivity contribution in [2.75, 3.05) is 19.0 Å². The van der Waals surface area contributed by atoms with E-state index in [0.717, 1.165) is 0 Å². The molecule has 0 heterocycles. The maximum absolute atomic E-state index is 3.12. The first-order chi connectivity index (χ1) is 13.1. The molecule has 0 fully saturated rings. The summed E-state index contributed by atoms with van der Waals surface area (Å²) in [6, 6.07) is 35.8. The molecule has 0 amide bonds. The Morgan fingerprint density at radius 3 is 1.63 bits per heavy atom. The Morgan fingerprint density at radius 1 is 0.593 bits per heavy atom. The van der Waals surface area contributed by atoms with Crippen LogP contribution >= 0.6 is 0 Å². The quantitative estimate of drug-likeness (QED) is 0.418. The Balaban J connectivity index is 2.12. The average Bonchev–Trinajstić information content (AvgIpc) is 2.73. The summed E-state index contributed by atoms with van der Waals surface area (Å²) in [5.74, 6) is 0. The van der Waals surface area contributed by atoms with Gasteiger partial charge in [0.1, 0.15) is 0 Å². The van der Waals surface area contributed by atoms with Crippen molar-refractivity contribution in [2.24, 2.45) is 0 Å². The van der Waals surface area contributed by atoms with Gasteiger partial charge in [-0.15, -0.1) is 0 Å². The zero-order chi connectivity index (χ0) is 18.9. The SMILES string of the molecule is CN(C)c1cccc2ccc[c]([Sn]([CH3])([c]3ccccc3)[c]3ccccc3)c12. The number of nitrogens with zero attached hydrogens (tertiary/aromatic N) is 1. The van der Waals surface area contributed by atoms with E-state index in [0.29, 0.717) is 0 Å². The van der Waals surface area contributed by atoms with Gasteiger partial charge in [0.05, 0.1) is 0 Å². The second kappa shape index (κ2) is 7.40. The molecular weight excluding hydrogens is 433 g/mol. The van der Waals surface area contributed by atoms with Crippen molar-refractivity contribution < 1.29 is 0 Å². The molecule has 2 heteroatoms. The van der Waals surface area contributed by atoms with Crippen LogP contribution in [0.25, 0.3) is 10.8 Å². The third kappa shape index (κ3) is 3.14. The Labute approximate surface area is 166 Å². The molecule has 0 aliphatic heterocycles. The first kappa shape index (κ1) is 18.1. The second-order valence-electron chi connectivity index (χ2n) is 7.43. The van der Waals surface area contributed by atoms with Crippen LogP contribution < -0.4 is 15.6 Å². The molecule has 0 radical (unpaired) electrons. The predicted molar refractivity (Wildman–Crippen MR) is 122 cm³/mol. The van der Waals surface area contributed by atoms with Gasteiger partial charge >= 0.3 is 167 Å². The third-order valence-electron chi connectivity index (χ3n) is 5.61. The standard InChI is InChI=1S/C12H12N.2C6H5.CH3.Sn/c1-13(2)12-9-5-7-10-6-3-4-8-11(10)12;2*1-2-4-6-5-3-1;;/h3-7,9H,1-2H3;2*1-5H;1H3;. The van der Waals surface area contributed by atoms with Crippen molar-refractivity contribution in [1.82, 2.24) is 0 Å². The maximum atomic E-state index is 2.56. The van der Waals surface area contributed by atoms with E-state index >= 15 is 0 Å². The fraction of sp³-hybridized carbons (Fsp3) is 0.120. The number of anilines is 1. The summed E-state index contributed by atoms with van der Waals surface area (Å²) in [5.41, 5.74) is 1.30. The molecule has 0 aliphatic rings. The van der Waals surface area contributed by atoms with E-state index in [9.17, 15) is 0 Å². The molecular formula is C25H25NSn. The Hall–Kier alpha value is -2.26. The zero-order valence-electron chi connectivity index (χ0n) is 16.2. The number of fused-ring (bicyclic) bond motifs is 1. The Morgan fingerprint density at radius 2 is 1.11 bits per heavy atom. The summed E-state index contributed by atoms with van der Waals surface area (Å²) in [4.78, 5) is 4.80. The van der Waals surface area contributed by atoms with Gasteiger partial charge in [-0.1, -0.05) is 0 Å².